The number of amides is 4. The van der Waals surface area contributed by atoms with Crippen LogP contribution in [0.2, 0.25) is 0 Å². The summed E-state index contributed by atoms with van der Waals surface area (Å²) < 4.78 is 2.10. The van der Waals surface area contributed by atoms with E-state index in [1.54, 1.807) is 0 Å². The average molecular weight is 388 g/mol. The van der Waals surface area contributed by atoms with Gasteiger partial charge in [0.15, 0.2) is 6.54 Å². The van der Waals surface area contributed by atoms with Crippen molar-refractivity contribution in [2.75, 3.05) is 13.1 Å². The lowest BCUT2D eigenvalue weighted by atomic mass is 9.77. The Bertz CT molecular complexity index is 781. The van der Waals surface area contributed by atoms with Crippen molar-refractivity contribution in [3.05, 3.63) is 24.0 Å². The third-order valence-corrected chi connectivity index (χ3v) is 6.74. The molecule has 1 aliphatic carbocycles. The normalized spacial score (nSPS) is 32.8. The van der Waals surface area contributed by atoms with E-state index in [0.717, 1.165) is 37.2 Å². The first-order chi connectivity index (χ1) is 13.4. The second-order valence-corrected chi connectivity index (χ2v) is 8.69. The first kappa shape index (κ1) is 19.0. The molecule has 0 radical (unpaired) electrons. The number of imide groups is 1. The number of rotatable bonds is 4. The highest BCUT2D eigenvalue weighted by Crippen LogP contribution is 2.35. The predicted octanol–water partition coefficient (Wildman–Crippen LogP) is 0.277. The molecule has 3 fully saturated rings. The van der Waals surface area contributed by atoms with Gasteiger partial charge in [-0.2, -0.15) is 5.01 Å². The lowest BCUT2D eigenvalue weighted by molar-refractivity contribution is -0.911. The fourth-order valence-electron chi connectivity index (χ4n) is 5.00. The summed E-state index contributed by atoms with van der Waals surface area (Å²) in [4.78, 5) is 39.1. The van der Waals surface area contributed by atoms with Crippen molar-refractivity contribution >= 4 is 17.8 Å². The second kappa shape index (κ2) is 7.24. The van der Waals surface area contributed by atoms with Crippen molar-refractivity contribution in [1.29, 1.82) is 0 Å². The van der Waals surface area contributed by atoms with Gasteiger partial charge in [0.25, 0.3) is 11.8 Å². The molecule has 4 rings (SSSR count). The van der Waals surface area contributed by atoms with Crippen LogP contribution in [0.4, 0.5) is 4.79 Å². The van der Waals surface area contributed by atoms with E-state index in [-0.39, 0.29) is 24.4 Å². The number of nitrogens with one attached hydrogen (secondary N) is 3. The number of hydrazine groups is 1. The second-order valence-electron chi connectivity index (χ2n) is 8.69. The highest BCUT2D eigenvalue weighted by molar-refractivity contribution is 6.08. The first-order valence-corrected chi connectivity index (χ1v) is 10.3. The number of hydrogen-bond acceptors (Lipinski definition) is 3. The van der Waals surface area contributed by atoms with Crippen LogP contribution in [0, 0.1) is 5.92 Å². The van der Waals surface area contributed by atoms with Crippen LogP contribution in [0.5, 0.6) is 0 Å². The highest BCUT2D eigenvalue weighted by Gasteiger charge is 2.53. The molecule has 1 spiro atoms. The van der Waals surface area contributed by atoms with E-state index in [9.17, 15) is 14.4 Å². The number of urea groups is 1. The zero-order valence-corrected chi connectivity index (χ0v) is 16.7. The fraction of sp³-hybridized carbons (Fsp3) is 0.650. The van der Waals surface area contributed by atoms with Crippen LogP contribution >= 0.6 is 0 Å². The van der Waals surface area contributed by atoms with Crippen LogP contribution in [0.1, 0.15) is 57.2 Å². The van der Waals surface area contributed by atoms with Gasteiger partial charge in [0, 0.05) is 26.1 Å². The van der Waals surface area contributed by atoms with E-state index in [1.165, 1.54) is 10.6 Å². The summed E-state index contributed by atoms with van der Waals surface area (Å²) in [6, 6.07) is 3.87. The molecule has 1 saturated carbocycles. The minimum Gasteiger partial charge on any atom is -0.350 e. The average Bonchev–Trinajstić information content (AvgIpc) is 3.33. The van der Waals surface area contributed by atoms with Gasteiger partial charge in [0.05, 0.1) is 12.2 Å². The topological polar surface area (TPSA) is 87.9 Å². The summed E-state index contributed by atoms with van der Waals surface area (Å²) in [5.41, 5.74) is 2.96. The summed E-state index contributed by atoms with van der Waals surface area (Å²) >= 11 is 0. The molecule has 4 amide bonds. The van der Waals surface area contributed by atoms with E-state index >= 15 is 0 Å². The molecule has 0 bridgehead atoms. The Kier molecular flexibility index (Phi) is 4.91. The van der Waals surface area contributed by atoms with Crippen molar-refractivity contribution in [3.8, 4) is 0 Å². The number of hydrogen-bond donors (Lipinski definition) is 3. The summed E-state index contributed by atoms with van der Waals surface area (Å²) in [5, 5.41) is 3.75. The van der Waals surface area contributed by atoms with E-state index in [1.807, 2.05) is 19.3 Å². The number of carbonyl (C=O) groups excluding carboxylic acids is 3. The molecule has 3 heterocycles. The fourth-order valence-corrected chi connectivity index (χ4v) is 5.00. The molecule has 2 aliphatic heterocycles. The van der Waals surface area contributed by atoms with Gasteiger partial charge in [-0.15, -0.1) is 0 Å². The van der Waals surface area contributed by atoms with Gasteiger partial charge in [0.1, 0.15) is 11.6 Å². The molecule has 8 nitrogen and oxygen atoms in total. The number of aryl methyl sites for hydroxylation is 1. The van der Waals surface area contributed by atoms with Gasteiger partial charge >= 0.3 is 6.03 Å². The third-order valence-electron chi connectivity index (χ3n) is 6.74. The minimum atomic E-state index is -0.830. The van der Waals surface area contributed by atoms with Gasteiger partial charge in [-0.05, 0) is 43.7 Å². The van der Waals surface area contributed by atoms with E-state index in [4.69, 9.17) is 0 Å². The van der Waals surface area contributed by atoms with Crippen LogP contribution in [-0.2, 0) is 16.6 Å². The van der Waals surface area contributed by atoms with Crippen LogP contribution in [0.15, 0.2) is 18.3 Å². The summed E-state index contributed by atoms with van der Waals surface area (Å²) in [7, 11) is 2.02. The number of quaternary nitrogens is 1. The monoisotopic (exact) mass is 388 g/mol. The standard InChI is InChI=1S/C20H29N5O3/c1-14-7-9-20(10-8-14)18(27)25(19(28)21-20)22-17(26)13-24-12-4-6-16(24)15-5-3-11-23(15)2/h3,5,11,14,16H,4,6-10,12-13H2,1-2H3,(H,21,28)(H,22,26)/p+1/t14?,16-,20?/m1/s1. The molecule has 2 saturated heterocycles. The molecule has 8 heteroatoms. The molecule has 3 N–H and O–H groups in total. The van der Waals surface area contributed by atoms with Gasteiger partial charge in [-0.3, -0.25) is 15.0 Å². The molecule has 1 aromatic heterocycles. The molecule has 3 aliphatic rings. The molecule has 1 unspecified atom stereocenters. The van der Waals surface area contributed by atoms with Gasteiger partial charge in [0.2, 0.25) is 0 Å². The smallest absolute Gasteiger partial charge is 0.344 e. The maximum atomic E-state index is 12.9. The molecule has 0 aromatic carbocycles. The molecule has 152 valence electrons. The zero-order chi connectivity index (χ0) is 19.9. The number of nitrogens with zero attached hydrogens (tertiary/aromatic N) is 2. The molecular formula is C20H30N5O3+. The molecule has 28 heavy (non-hydrogen) atoms. The number of carbonyl (C=O) groups is 3. The lowest BCUT2D eigenvalue weighted by Crippen LogP contribution is -3.11. The van der Waals surface area contributed by atoms with Crippen LogP contribution in [0.3, 0.4) is 0 Å². The molecule has 2 atom stereocenters. The van der Waals surface area contributed by atoms with Crippen molar-refractivity contribution < 1.29 is 19.3 Å². The lowest BCUT2D eigenvalue weighted by Gasteiger charge is -2.33. The van der Waals surface area contributed by atoms with E-state index in [0.29, 0.717) is 18.8 Å². The largest absolute Gasteiger partial charge is 0.350 e. The number of aromatic nitrogens is 1. The Hall–Kier alpha value is -2.35. The van der Waals surface area contributed by atoms with Crippen molar-refractivity contribution in [2.24, 2.45) is 13.0 Å². The Balaban J connectivity index is 1.39. The Morgan fingerprint density at radius 2 is 2.07 bits per heavy atom. The maximum absolute atomic E-state index is 12.9. The minimum absolute atomic E-state index is 0.247. The Labute approximate surface area is 165 Å². The zero-order valence-electron chi connectivity index (χ0n) is 16.7. The third kappa shape index (κ3) is 3.30. The van der Waals surface area contributed by atoms with E-state index < -0.39 is 11.6 Å². The number of likely N-dealkylation sites (tertiary alicyclic amines) is 1. The van der Waals surface area contributed by atoms with Crippen LogP contribution in [0.25, 0.3) is 0 Å². The SMILES string of the molecule is CC1CCC2(CC1)NC(=O)N(NC(=O)C[NH+]1CCC[C@@H]1c1cccn1C)C2=O. The molecule has 1 aromatic rings. The summed E-state index contributed by atoms with van der Waals surface area (Å²) in [6.45, 7) is 3.32. The van der Waals surface area contributed by atoms with Crippen molar-refractivity contribution in [3.63, 3.8) is 0 Å². The maximum Gasteiger partial charge on any atom is 0.344 e. The van der Waals surface area contributed by atoms with Gasteiger partial charge in [-0.25, -0.2) is 4.79 Å². The Morgan fingerprint density at radius 1 is 1.32 bits per heavy atom. The summed E-state index contributed by atoms with van der Waals surface area (Å²) in [6.07, 6.45) is 7.20. The predicted molar refractivity (Wildman–Crippen MR) is 102 cm³/mol. The van der Waals surface area contributed by atoms with Crippen LogP contribution < -0.4 is 15.6 Å². The summed E-state index contributed by atoms with van der Waals surface area (Å²) in [5.74, 6) is -0.0406. The quantitative estimate of drug-likeness (QED) is 0.648. The van der Waals surface area contributed by atoms with Crippen molar-refractivity contribution in [1.82, 2.24) is 20.3 Å². The highest BCUT2D eigenvalue weighted by atomic mass is 16.2. The Morgan fingerprint density at radius 3 is 2.75 bits per heavy atom. The first-order valence-electron chi connectivity index (χ1n) is 10.3. The van der Waals surface area contributed by atoms with E-state index in [2.05, 4.69) is 28.3 Å². The van der Waals surface area contributed by atoms with Gasteiger partial charge < -0.3 is 14.8 Å². The van der Waals surface area contributed by atoms with Gasteiger partial charge in [-0.1, -0.05) is 6.92 Å². The van der Waals surface area contributed by atoms with Crippen molar-refractivity contribution in [2.45, 2.75) is 57.0 Å². The van der Waals surface area contributed by atoms with Crippen LogP contribution in [-0.4, -0.2) is 46.0 Å². The molecular weight excluding hydrogens is 358 g/mol.